The van der Waals surface area contributed by atoms with Gasteiger partial charge in [-0.3, -0.25) is 0 Å². The maximum Gasteiger partial charge on any atom is 0.200 e. The minimum atomic E-state index is -1.68. The number of fused-ring (bicyclic) bond motifs is 2. The van der Waals surface area contributed by atoms with E-state index in [0.717, 1.165) is 6.07 Å². The molecule has 2 aliphatic rings. The number of ether oxygens (including phenoxy) is 2. The van der Waals surface area contributed by atoms with Gasteiger partial charge in [0.2, 0.25) is 11.5 Å². The Morgan fingerprint density at radius 1 is 0.512 bits per heavy atom. The van der Waals surface area contributed by atoms with Crippen LogP contribution in [0.5, 0.6) is 46.0 Å². The van der Waals surface area contributed by atoms with Gasteiger partial charge in [-0.15, -0.1) is 0 Å². The molecular weight excluding hydrogens is 536 g/mol. The highest BCUT2D eigenvalue weighted by atomic mass is 16.5. The fourth-order valence-corrected chi connectivity index (χ4v) is 5.59. The van der Waals surface area contributed by atoms with Crippen molar-refractivity contribution >= 4 is 0 Å². The standard InChI is InChI=1S/C30H26O11/c31-14-5-1-12(2-6-14)27-25(38)20(16-9-10-18(33)22(35)29(16)40-27)17-11-19(34)23(36)30-21(17)24(37)26(39)28(41-30)13-3-7-15(32)8-4-13/h1-11,20,24-28,31-39H/t20-,24-,25-,26-,27+,28-/m1/s1. The second-order valence-corrected chi connectivity index (χ2v) is 10.1. The predicted molar refractivity (Wildman–Crippen MR) is 141 cm³/mol. The quantitative estimate of drug-likeness (QED) is 0.166. The smallest absolute Gasteiger partial charge is 0.200 e. The molecule has 6 atom stereocenters. The molecule has 0 saturated heterocycles. The summed E-state index contributed by atoms with van der Waals surface area (Å²) >= 11 is 0. The third-order valence-corrected chi connectivity index (χ3v) is 7.63. The fourth-order valence-electron chi connectivity index (χ4n) is 5.59. The Labute approximate surface area is 232 Å². The van der Waals surface area contributed by atoms with Gasteiger partial charge in [0, 0.05) is 17.0 Å². The summed E-state index contributed by atoms with van der Waals surface area (Å²) < 4.78 is 11.9. The normalized spacial score (nSPS) is 25.0. The Bertz CT molecular complexity index is 1620. The molecule has 0 fully saturated rings. The zero-order chi connectivity index (χ0) is 29.2. The van der Waals surface area contributed by atoms with Gasteiger partial charge >= 0.3 is 0 Å². The lowest BCUT2D eigenvalue weighted by molar-refractivity contribution is -0.0722. The highest BCUT2D eigenvalue weighted by molar-refractivity contribution is 5.65. The van der Waals surface area contributed by atoms with Crippen molar-refractivity contribution in [2.24, 2.45) is 0 Å². The van der Waals surface area contributed by atoms with Crippen LogP contribution in [0.1, 0.15) is 52.0 Å². The maximum absolute atomic E-state index is 11.7. The van der Waals surface area contributed by atoms with Crippen molar-refractivity contribution in [2.45, 2.75) is 36.4 Å². The number of hydrogen-bond acceptors (Lipinski definition) is 11. The summed E-state index contributed by atoms with van der Waals surface area (Å²) in [5, 5.41) is 96.0. The van der Waals surface area contributed by atoms with Crippen molar-refractivity contribution in [3.8, 4) is 46.0 Å². The van der Waals surface area contributed by atoms with Crippen molar-refractivity contribution in [1.82, 2.24) is 0 Å². The predicted octanol–water partition coefficient (Wildman–Crippen LogP) is 3.07. The van der Waals surface area contributed by atoms with Crippen LogP contribution in [0, 0.1) is 0 Å². The van der Waals surface area contributed by atoms with E-state index in [4.69, 9.17) is 9.47 Å². The van der Waals surface area contributed by atoms with Gasteiger partial charge in [-0.05, 0) is 53.1 Å². The van der Waals surface area contributed by atoms with E-state index >= 15 is 0 Å². The molecule has 0 saturated carbocycles. The van der Waals surface area contributed by atoms with Crippen LogP contribution in [0.2, 0.25) is 0 Å². The van der Waals surface area contributed by atoms with Crippen molar-refractivity contribution < 1.29 is 55.4 Å². The second-order valence-electron chi connectivity index (χ2n) is 10.1. The first-order chi connectivity index (χ1) is 19.6. The van der Waals surface area contributed by atoms with Gasteiger partial charge in [0.1, 0.15) is 29.8 Å². The zero-order valence-corrected chi connectivity index (χ0v) is 21.2. The van der Waals surface area contributed by atoms with Gasteiger partial charge in [0.05, 0.1) is 0 Å². The molecule has 0 aliphatic carbocycles. The minimum Gasteiger partial charge on any atom is -0.508 e. The van der Waals surface area contributed by atoms with E-state index in [0.29, 0.717) is 11.1 Å². The summed E-state index contributed by atoms with van der Waals surface area (Å²) in [5.41, 5.74) is 0.884. The summed E-state index contributed by atoms with van der Waals surface area (Å²) in [6.07, 6.45) is -7.06. The van der Waals surface area contributed by atoms with E-state index in [9.17, 15) is 46.0 Å². The number of phenols is 6. The molecule has 11 nitrogen and oxygen atoms in total. The number of aliphatic hydroxyl groups excluding tert-OH is 3. The van der Waals surface area contributed by atoms with Crippen LogP contribution in [0.25, 0.3) is 0 Å². The Balaban J connectivity index is 1.54. The molecule has 0 aromatic heterocycles. The van der Waals surface area contributed by atoms with Crippen LogP contribution in [0.4, 0.5) is 0 Å². The molecule has 212 valence electrons. The number of aromatic hydroxyl groups is 6. The van der Waals surface area contributed by atoms with E-state index in [-0.39, 0.29) is 39.7 Å². The average molecular weight is 563 g/mol. The average Bonchev–Trinajstić information content (AvgIpc) is 2.95. The monoisotopic (exact) mass is 562 g/mol. The summed E-state index contributed by atoms with van der Waals surface area (Å²) in [5.74, 6) is -4.17. The number of rotatable bonds is 3. The lowest BCUT2D eigenvalue weighted by Crippen LogP contribution is -2.38. The molecule has 0 radical (unpaired) electrons. The zero-order valence-electron chi connectivity index (χ0n) is 21.2. The van der Waals surface area contributed by atoms with E-state index in [1.807, 2.05) is 0 Å². The molecule has 0 spiro atoms. The molecule has 2 aliphatic heterocycles. The van der Waals surface area contributed by atoms with Gasteiger partial charge in [-0.2, -0.15) is 0 Å². The Kier molecular flexibility index (Phi) is 6.22. The molecular formula is C30H26O11. The molecule has 0 unspecified atom stereocenters. The molecule has 41 heavy (non-hydrogen) atoms. The molecule has 4 aromatic carbocycles. The molecule has 0 bridgehead atoms. The van der Waals surface area contributed by atoms with Gasteiger partial charge in [-0.1, -0.05) is 30.3 Å². The van der Waals surface area contributed by atoms with Crippen LogP contribution < -0.4 is 9.47 Å². The van der Waals surface area contributed by atoms with Crippen molar-refractivity contribution in [3.63, 3.8) is 0 Å². The minimum absolute atomic E-state index is 0.0348. The van der Waals surface area contributed by atoms with Crippen molar-refractivity contribution in [1.29, 1.82) is 0 Å². The largest absolute Gasteiger partial charge is 0.508 e. The SMILES string of the molecule is Oc1ccc([C@H]2Oc3c(O)c(O)cc([C@H]4c5ccc(O)c(O)c5O[C@@H](c5ccc(O)cc5)[C@@H]4O)c3[C@@H](O)[C@H]2O)cc1. The van der Waals surface area contributed by atoms with Gasteiger partial charge in [0.25, 0.3) is 0 Å². The van der Waals surface area contributed by atoms with Crippen LogP contribution >= 0.6 is 0 Å². The number of hydrogen-bond donors (Lipinski definition) is 9. The first-order valence-electron chi connectivity index (χ1n) is 12.7. The number of benzene rings is 4. The number of aliphatic hydroxyl groups is 3. The lowest BCUT2D eigenvalue weighted by atomic mass is 9.76. The van der Waals surface area contributed by atoms with Crippen molar-refractivity contribution in [2.75, 3.05) is 0 Å². The van der Waals surface area contributed by atoms with Crippen LogP contribution in [0.3, 0.4) is 0 Å². The number of phenolic OH excluding ortho intramolecular Hbond substituents is 6. The maximum atomic E-state index is 11.7. The van der Waals surface area contributed by atoms with Crippen molar-refractivity contribution in [3.05, 3.63) is 94.5 Å². The van der Waals surface area contributed by atoms with E-state index in [1.54, 1.807) is 0 Å². The summed E-state index contributed by atoms with van der Waals surface area (Å²) in [4.78, 5) is 0. The van der Waals surface area contributed by atoms with Gasteiger partial charge in [-0.25, -0.2) is 0 Å². The lowest BCUT2D eigenvalue weighted by Gasteiger charge is -2.41. The topological polar surface area (TPSA) is 201 Å². The summed E-state index contributed by atoms with van der Waals surface area (Å²) in [7, 11) is 0. The highest BCUT2D eigenvalue weighted by Crippen LogP contribution is 2.57. The highest BCUT2D eigenvalue weighted by Gasteiger charge is 2.47. The molecule has 11 heteroatoms. The Morgan fingerprint density at radius 3 is 1.61 bits per heavy atom. The third kappa shape index (κ3) is 4.18. The van der Waals surface area contributed by atoms with Crippen LogP contribution in [-0.2, 0) is 0 Å². The van der Waals surface area contributed by atoms with Crippen LogP contribution in [-0.4, -0.2) is 58.2 Å². The van der Waals surface area contributed by atoms with Gasteiger partial charge in [0.15, 0.2) is 35.2 Å². The summed E-state index contributed by atoms with van der Waals surface area (Å²) in [6, 6.07) is 15.1. The molecule has 2 heterocycles. The first kappa shape index (κ1) is 26.4. The Morgan fingerprint density at radius 2 is 1.02 bits per heavy atom. The molecule has 0 amide bonds. The first-order valence-corrected chi connectivity index (χ1v) is 12.7. The third-order valence-electron chi connectivity index (χ3n) is 7.63. The van der Waals surface area contributed by atoms with E-state index < -0.39 is 59.4 Å². The van der Waals surface area contributed by atoms with Crippen LogP contribution in [0.15, 0.2) is 66.7 Å². The Hall–Kier alpha value is -4.84. The van der Waals surface area contributed by atoms with E-state index in [1.165, 1.54) is 60.7 Å². The second kappa shape index (κ2) is 9.66. The molecule has 9 N–H and O–H groups in total. The molecule has 4 aromatic rings. The van der Waals surface area contributed by atoms with E-state index in [2.05, 4.69) is 0 Å². The van der Waals surface area contributed by atoms with Gasteiger partial charge < -0.3 is 55.4 Å². The summed E-state index contributed by atoms with van der Waals surface area (Å²) in [6.45, 7) is 0. The fraction of sp³-hybridized carbons (Fsp3) is 0.200. The molecule has 6 rings (SSSR count).